The fraction of sp³-hybridized carbons (Fsp3) is 0.474. The smallest absolute Gasteiger partial charge is 0.243 e. The van der Waals surface area contributed by atoms with Gasteiger partial charge in [0.15, 0.2) is 0 Å². The lowest BCUT2D eigenvalue weighted by Gasteiger charge is -2.25. The Labute approximate surface area is 160 Å². The molecule has 7 nitrogen and oxygen atoms in total. The van der Waals surface area contributed by atoms with Crippen LogP contribution in [0.1, 0.15) is 44.7 Å². The minimum Gasteiger partial charge on any atom is -0.311 e. The third-order valence-corrected chi connectivity index (χ3v) is 6.58. The molecule has 1 aromatic heterocycles. The molecule has 0 radical (unpaired) electrons. The average molecular weight is 391 g/mol. The fourth-order valence-electron chi connectivity index (χ4n) is 3.23. The summed E-state index contributed by atoms with van der Waals surface area (Å²) in [5.74, 6) is 0.489. The molecule has 0 unspecified atom stereocenters. The molecule has 1 amide bonds. The highest BCUT2D eigenvalue weighted by molar-refractivity contribution is 7.89. The zero-order valence-electron chi connectivity index (χ0n) is 15.8. The molecule has 1 fully saturated rings. The second-order valence-electron chi connectivity index (χ2n) is 7.09. The van der Waals surface area contributed by atoms with Gasteiger partial charge in [-0.2, -0.15) is 9.40 Å². The summed E-state index contributed by atoms with van der Waals surface area (Å²) in [5, 5.41) is 7.04. The minimum atomic E-state index is -3.44. The van der Waals surface area contributed by atoms with E-state index in [-0.39, 0.29) is 23.3 Å². The van der Waals surface area contributed by atoms with Crippen LogP contribution in [0.5, 0.6) is 0 Å². The summed E-state index contributed by atoms with van der Waals surface area (Å²) in [4.78, 5) is 12.6. The van der Waals surface area contributed by atoms with Crippen molar-refractivity contribution in [3.05, 3.63) is 42.1 Å². The van der Waals surface area contributed by atoms with E-state index in [1.807, 2.05) is 13.8 Å². The van der Waals surface area contributed by atoms with Gasteiger partial charge >= 0.3 is 0 Å². The maximum absolute atomic E-state index is 12.7. The summed E-state index contributed by atoms with van der Waals surface area (Å²) in [5.41, 5.74) is 0.765. The number of aromatic nitrogens is 2. The Kier molecular flexibility index (Phi) is 5.96. The van der Waals surface area contributed by atoms with Gasteiger partial charge in [0.1, 0.15) is 5.82 Å². The number of carbonyl (C=O) groups is 1. The normalized spacial score (nSPS) is 15.8. The molecule has 1 saturated heterocycles. The van der Waals surface area contributed by atoms with Crippen LogP contribution in [0.2, 0.25) is 0 Å². The van der Waals surface area contributed by atoms with Crippen LogP contribution in [0.3, 0.4) is 0 Å². The van der Waals surface area contributed by atoms with Crippen LogP contribution >= 0.6 is 0 Å². The maximum atomic E-state index is 12.7. The number of nitrogens with zero attached hydrogens (tertiary/aromatic N) is 3. The number of hydrogen-bond donors (Lipinski definition) is 1. The van der Waals surface area contributed by atoms with Crippen LogP contribution in [-0.4, -0.2) is 41.5 Å². The Hall–Kier alpha value is -2.19. The van der Waals surface area contributed by atoms with Crippen LogP contribution in [0.15, 0.2) is 41.4 Å². The highest BCUT2D eigenvalue weighted by Crippen LogP contribution is 2.21. The van der Waals surface area contributed by atoms with E-state index in [9.17, 15) is 13.2 Å². The molecule has 0 saturated carbocycles. The number of sulfonamides is 1. The third-order valence-electron chi connectivity index (χ3n) is 4.67. The van der Waals surface area contributed by atoms with E-state index in [1.54, 1.807) is 45.5 Å². The van der Waals surface area contributed by atoms with Crippen molar-refractivity contribution in [2.24, 2.45) is 0 Å². The Morgan fingerprint density at radius 3 is 2.41 bits per heavy atom. The highest BCUT2D eigenvalue weighted by Gasteiger charge is 2.25. The number of carbonyl (C=O) groups excluding carboxylic acids is 1. The van der Waals surface area contributed by atoms with Crippen LogP contribution < -0.4 is 5.32 Å². The van der Waals surface area contributed by atoms with Gasteiger partial charge in [-0.3, -0.25) is 4.79 Å². The van der Waals surface area contributed by atoms with Crippen molar-refractivity contribution >= 4 is 21.7 Å². The quantitative estimate of drug-likeness (QED) is 0.822. The molecular weight excluding hydrogens is 364 g/mol. The molecule has 1 aromatic carbocycles. The Morgan fingerprint density at radius 2 is 1.78 bits per heavy atom. The number of benzene rings is 1. The first-order valence-electron chi connectivity index (χ1n) is 9.30. The molecular formula is C19H26N4O3S. The number of anilines is 1. The van der Waals surface area contributed by atoms with Crippen LogP contribution in [-0.2, 0) is 21.2 Å². The summed E-state index contributed by atoms with van der Waals surface area (Å²) in [7, 11) is -3.44. The fourth-order valence-corrected chi connectivity index (χ4v) is 4.75. The molecule has 3 rings (SSSR count). The summed E-state index contributed by atoms with van der Waals surface area (Å²) in [6.45, 7) is 5.14. The van der Waals surface area contributed by atoms with E-state index in [4.69, 9.17) is 0 Å². The predicted octanol–water partition coefficient (Wildman–Crippen LogP) is 2.82. The van der Waals surface area contributed by atoms with Gasteiger partial charge in [0, 0.05) is 25.2 Å². The minimum absolute atomic E-state index is 0.148. The van der Waals surface area contributed by atoms with Gasteiger partial charge in [-0.15, -0.1) is 0 Å². The zero-order valence-corrected chi connectivity index (χ0v) is 16.6. The van der Waals surface area contributed by atoms with Crippen molar-refractivity contribution in [2.75, 3.05) is 18.4 Å². The first kappa shape index (κ1) is 19.6. The lowest BCUT2D eigenvalue weighted by molar-refractivity contribution is -0.115. The highest BCUT2D eigenvalue weighted by atomic mass is 32.2. The van der Waals surface area contributed by atoms with Crippen molar-refractivity contribution in [2.45, 2.75) is 50.5 Å². The number of nitrogens with one attached hydrogen (secondary N) is 1. The molecule has 27 heavy (non-hydrogen) atoms. The Bertz CT molecular complexity index is 882. The van der Waals surface area contributed by atoms with E-state index < -0.39 is 10.0 Å². The van der Waals surface area contributed by atoms with Gasteiger partial charge in [0.05, 0.1) is 17.5 Å². The molecule has 2 heterocycles. The van der Waals surface area contributed by atoms with Gasteiger partial charge in [-0.25, -0.2) is 13.1 Å². The Morgan fingerprint density at radius 1 is 1.11 bits per heavy atom. The van der Waals surface area contributed by atoms with Crippen LogP contribution in [0.25, 0.3) is 0 Å². The number of piperidine rings is 1. The molecule has 1 aliphatic rings. The monoisotopic (exact) mass is 390 g/mol. The maximum Gasteiger partial charge on any atom is 0.243 e. The molecule has 2 aromatic rings. The average Bonchev–Trinajstić information content (AvgIpc) is 3.11. The molecule has 0 spiro atoms. The van der Waals surface area contributed by atoms with Crippen molar-refractivity contribution in [3.8, 4) is 0 Å². The van der Waals surface area contributed by atoms with E-state index in [0.29, 0.717) is 18.9 Å². The second kappa shape index (κ2) is 8.22. The van der Waals surface area contributed by atoms with Gasteiger partial charge in [-0.05, 0) is 44.4 Å². The van der Waals surface area contributed by atoms with Gasteiger partial charge < -0.3 is 5.32 Å². The standard InChI is InChI=1S/C19H26N4O3S/c1-15(2)23-18(10-11-20-23)21-19(24)14-16-6-8-17(9-7-16)27(25,26)22-12-4-3-5-13-22/h6-11,15H,3-5,12-14H2,1-2H3,(H,21,24). The summed E-state index contributed by atoms with van der Waals surface area (Å²) < 4.78 is 28.6. The molecule has 146 valence electrons. The van der Waals surface area contributed by atoms with Crippen molar-refractivity contribution in [1.82, 2.24) is 14.1 Å². The number of amides is 1. The molecule has 0 bridgehead atoms. The summed E-state index contributed by atoms with van der Waals surface area (Å²) in [6.07, 6.45) is 4.72. The molecule has 0 aliphatic carbocycles. The SMILES string of the molecule is CC(C)n1nccc1NC(=O)Cc1ccc(S(=O)(=O)N2CCCCC2)cc1. The summed E-state index contributed by atoms with van der Waals surface area (Å²) in [6, 6.07) is 8.49. The molecule has 0 atom stereocenters. The van der Waals surface area contributed by atoms with Gasteiger partial charge in [0.2, 0.25) is 15.9 Å². The topological polar surface area (TPSA) is 84.3 Å². The lowest BCUT2D eigenvalue weighted by atomic mass is 10.1. The first-order chi connectivity index (χ1) is 12.9. The second-order valence-corrected chi connectivity index (χ2v) is 9.03. The van der Waals surface area contributed by atoms with E-state index in [0.717, 1.165) is 24.8 Å². The van der Waals surface area contributed by atoms with E-state index in [1.165, 1.54) is 0 Å². The zero-order chi connectivity index (χ0) is 19.4. The lowest BCUT2D eigenvalue weighted by Crippen LogP contribution is -2.35. The number of hydrogen-bond acceptors (Lipinski definition) is 4. The Balaban J connectivity index is 1.65. The van der Waals surface area contributed by atoms with Crippen LogP contribution in [0, 0.1) is 0 Å². The van der Waals surface area contributed by atoms with Crippen LogP contribution in [0.4, 0.5) is 5.82 Å². The van der Waals surface area contributed by atoms with Gasteiger partial charge in [-0.1, -0.05) is 18.6 Å². The third kappa shape index (κ3) is 4.56. The molecule has 1 N–H and O–H groups in total. The van der Waals surface area contributed by atoms with E-state index in [2.05, 4.69) is 10.4 Å². The molecule has 1 aliphatic heterocycles. The number of rotatable bonds is 6. The van der Waals surface area contributed by atoms with E-state index >= 15 is 0 Å². The first-order valence-corrected chi connectivity index (χ1v) is 10.7. The van der Waals surface area contributed by atoms with Crippen molar-refractivity contribution in [1.29, 1.82) is 0 Å². The summed E-state index contributed by atoms with van der Waals surface area (Å²) >= 11 is 0. The largest absolute Gasteiger partial charge is 0.311 e. The predicted molar refractivity (Wildman–Crippen MR) is 104 cm³/mol. The van der Waals surface area contributed by atoms with Gasteiger partial charge in [0.25, 0.3) is 0 Å². The molecule has 8 heteroatoms. The van der Waals surface area contributed by atoms with Crippen molar-refractivity contribution in [3.63, 3.8) is 0 Å². The van der Waals surface area contributed by atoms with Crippen molar-refractivity contribution < 1.29 is 13.2 Å².